The lowest BCUT2D eigenvalue weighted by molar-refractivity contribution is 0.0359. The standard InChI is InChI=1S/C20H23N5O2/c1-11-17-15(19(27)25-9-13(10-25)20(2,3)21)8-16(22-18(17)24-23-11)12-4-6-14(26)7-5-12/h4-8,13,26H,9-10,21H2,1-3H3,(H,22,23,24). The average molecular weight is 365 g/mol. The van der Waals surface area contributed by atoms with E-state index in [1.165, 1.54) is 0 Å². The zero-order valence-electron chi connectivity index (χ0n) is 15.7. The fourth-order valence-corrected chi connectivity index (χ4v) is 3.41. The van der Waals surface area contributed by atoms with Crippen LogP contribution in [-0.2, 0) is 0 Å². The number of aromatic hydroxyl groups is 1. The molecular formula is C20H23N5O2. The predicted molar refractivity (Wildman–Crippen MR) is 103 cm³/mol. The minimum absolute atomic E-state index is 0.0348. The molecule has 1 amide bonds. The molecular weight excluding hydrogens is 342 g/mol. The van der Waals surface area contributed by atoms with Gasteiger partial charge in [0.05, 0.1) is 16.6 Å². The van der Waals surface area contributed by atoms with E-state index in [0.29, 0.717) is 35.9 Å². The number of nitrogens with two attached hydrogens (primary N) is 1. The summed E-state index contributed by atoms with van der Waals surface area (Å²) in [4.78, 5) is 19.6. The van der Waals surface area contributed by atoms with E-state index in [9.17, 15) is 9.90 Å². The third-order valence-electron chi connectivity index (χ3n) is 5.32. The van der Waals surface area contributed by atoms with Gasteiger partial charge in [-0.05, 0) is 51.1 Å². The summed E-state index contributed by atoms with van der Waals surface area (Å²) in [5.41, 5.74) is 9.24. The van der Waals surface area contributed by atoms with Crippen LogP contribution in [0, 0.1) is 12.8 Å². The summed E-state index contributed by atoms with van der Waals surface area (Å²) >= 11 is 0. The molecule has 3 aromatic rings. The van der Waals surface area contributed by atoms with Crippen LogP contribution >= 0.6 is 0 Å². The largest absolute Gasteiger partial charge is 0.508 e. The van der Waals surface area contributed by atoms with E-state index in [4.69, 9.17) is 5.73 Å². The highest BCUT2D eigenvalue weighted by Gasteiger charge is 2.39. The monoisotopic (exact) mass is 365 g/mol. The first-order chi connectivity index (χ1) is 12.7. The van der Waals surface area contributed by atoms with E-state index in [1.54, 1.807) is 30.3 Å². The summed E-state index contributed by atoms with van der Waals surface area (Å²) in [5.74, 6) is 0.441. The molecule has 0 saturated carbocycles. The Morgan fingerprint density at radius 1 is 1.30 bits per heavy atom. The Morgan fingerprint density at radius 2 is 1.96 bits per heavy atom. The number of amides is 1. The van der Waals surface area contributed by atoms with Crippen molar-refractivity contribution in [3.8, 4) is 17.0 Å². The second kappa shape index (κ2) is 6.06. The van der Waals surface area contributed by atoms with Crippen LogP contribution < -0.4 is 5.73 Å². The molecule has 0 atom stereocenters. The molecule has 3 heterocycles. The molecule has 0 radical (unpaired) electrons. The number of aryl methyl sites for hydroxylation is 1. The number of H-pyrrole nitrogens is 1. The lowest BCUT2D eigenvalue weighted by Crippen LogP contribution is -2.60. The SMILES string of the molecule is Cc1[nH]nc2nc(-c3ccc(O)cc3)cc(C(=O)N3CC(C(C)(C)N)C3)c12. The number of aromatic nitrogens is 3. The molecule has 1 aromatic carbocycles. The third kappa shape index (κ3) is 3.04. The van der Waals surface area contributed by atoms with Gasteiger partial charge in [-0.25, -0.2) is 4.98 Å². The van der Waals surface area contributed by atoms with Gasteiger partial charge in [0.2, 0.25) is 0 Å². The molecule has 4 N–H and O–H groups in total. The molecule has 27 heavy (non-hydrogen) atoms. The van der Waals surface area contributed by atoms with Crippen LogP contribution in [-0.4, -0.2) is 49.7 Å². The number of carbonyl (C=O) groups excluding carboxylic acids is 1. The molecule has 0 unspecified atom stereocenters. The van der Waals surface area contributed by atoms with Crippen molar-refractivity contribution in [2.45, 2.75) is 26.3 Å². The van der Waals surface area contributed by atoms with Gasteiger partial charge in [-0.15, -0.1) is 0 Å². The van der Waals surface area contributed by atoms with Gasteiger partial charge in [0, 0.05) is 35.8 Å². The molecule has 0 spiro atoms. The second-order valence-electron chi connectivity index (χ2n) is 7.88. The van der Waals surface area contributed by atoms with Gasteiger partial charge in [-0.1, -0.05) is 0 Å². The third-order valence-corrected chi connectivity index (χ3v) is 5.32. The van der Waals surface area contributed by atoms with Crippen LogP contribution in [0.25, 0.3) is 22.3 Å². The Bertz CT molecular complexity index is 1010. The maximum absolute atomic E-state index is 13.2. The predicted octanol–water partition coefficient (Wildman–Crippen LogP) is 2.45. The number of likely N-dealkylation sites (tertiary alicyclic amines) is 1. The first kappa shape index (κ1) is 17.5. The van der Waals surface area contributed by atoms with Crippen LogP contribution in [0.15, 0.2) is 30.3 Å². The van der Waals surface area contributed by atoms with E-state index in [2.05, 4.69) is 15.2 Å². The molecule has 1 fully saturated rings. The fraction of sp³-hybridized carbons (Fsp3) is 0.350. The number of nitrogens with one attached hydrogen (secondary N) is 1. The molecule has 1 aliphatic rings. The molecule has 7 nitrogen and oxygen atoms in total. The van der Waals surface area contributed by atoms with Gasteiger partial charge < -0.3 is 15.7 Å². The lowest BCUT2D eigenvalue weighted by Gasteiger charge is -2.46. The molecule has 0 bridgehead atoms. The lowest BCUT2D eigenvalue weighted by atomic mass is 9.82. The number of phenols is 1. The van der Waals surface area contributed by atoms with Crippen molar-refractivity contribution in [2.24, 2.45) is 11.7 Å². The van der Waals surface area contributed by atoms with E-state index in [-0.39, 0.29) is 17.2 Å². The number of pyridine rings is 1. The van der Waals surface area contributed by atoms with E-state index < -0.39 is 0 Å². The Kier molecular flexibility index (Phi) is 3.92. The van der Waals surface area contributed by atoms with Gasteiger partial charge in [-0.3, -0.25) is 9.89 Å². The molecule has 1 saturated heterocycles. The summed E-state index contributed by atoms with van der Waals surface area (Å²) in [7, 11) is 0. The van der Waals surface area contributed by atoms with Crippen molar-refractivity contribution in [1.82, 2.24) is 20.1 Å². The Labute approximate surface area is 157 Å². The van der Waals surface area contributed by atoms with Crippen molar-refractivity contribution in [2.75, 3.05) is 13.1 Å². The quantitative estimate of drug-likeness (QED) is 0.661. The Hall–Kier alpha value is -2.93. The van der Waals surface area contributed by atoms with Crippen molar-refractivity contribution in [3.05, 3.63) is 41.6 Å². The number of rotatable bonds is 3. The first-order valence-electron chi connectivity index (χ1n) is 8.97. The molecule has 1 aliphatic heterocycles. The van der Waals surface area contributed by atoms with Crippen molar-refractivity contribution in [3.63, 3.8) is 0 Å². The topological polar surface area (TPSA) is 108 Å². The summed E-state index contributed by atoms with van der Waals surface area (Å²) in [6, 6.07) is 8.55. The Morgan fingerprint density at radius 3 is 2.59 bits per heavy atom. The number of benzene rings is 1. The number of hydrogen-bond acceptors (Lipinski definition) is 5. The zero-order chi connectivity index (χ0) is 19.3. The summed E-state index contributed by atoms with van der Waals surface area (Å²) < 4.78 is 0. The molecule has 0 aliphatic carbocycles. The highest BCUT2D eigenvalue weighted by atomic mass is 16.3. The van der Waals surface area contributed by atoms with Crippen LogP contribution in [0.5, 0.6) is 5.75 Å². The van der Waals surface area contributed by atoms with Crippen LogP contribution in [0.4, 0.5) is 0 Å². The highest BCUT2D eigenvalue weighted by Crippen LogP contribution is 2.31. The minimum atomic E-state index is -0.299. The van der Waals surface area contributed by atoms with E-state index >= 15 is 0 Å². The molecule has 4 rings (SSSR count). The molecule has 7 heteroatoms. The van der Waals surface area contributed by atoms with Crippen molar-refractivity contribution in [1.29, 1.82) is 0 Å². The van der Waals surface area contributed by atoms with Gasteiger partial charge in [-0.2, -0.15) is 5.10 Å². The zero-order valence-corrected chi connectivity index (χ0v) is 15.7. The fourth-order valence-electron chi connectivity index (χ4n) is 3.41. The van der Waals surface area contributed by atoms with Crippen molar-refractivity contribution < 1.29 is 9.90 Å². The summed E-state index contributed by atoms with van der Waals surface area (Å²) in [5, 5.41) is 17.4. The van der Waals surface area contributed by atoms with Crippen LogP contribution in [0.2, 0.25) is 0 Å². The van der Waals surface area contributed by atoms with Gasteiger partial charge >= 0.3 is 0 Å². The van der Waals surface area contributed by atoms with Crippen LogP contribution in [0.3, 0.4) is 0 Å². The smallest absolute Gasteiger partial charge is 0.254 e. The average Bonchev–Trinajstić information content (AvgIpc) is 2.93. The number of hydrogen-bond donors (Lipinski definition) is 3. The van der Waals surface area contributed by atoms with Crippen LogP contribution in [0.1, 0.15) is 29.9 Å². The second-order valence-corrected chi connectivity index (χ2v) is 7.88. The number of carbonyl (C=O) groups is 1. The van der Waals surface area contributed by atoms with E-state index in [0.717, 1.165) is 16.6 Å². The molecule has 140 valence electrons. The van der Waals surface area contributed by atoms with Gasteiger partial charge in [0.1, 0.15) is 5.75 Å². The molecule has 2 aromatic heterocycles. The maximum atomic E-state index is 13.2. The Balaban J connectivity index is 1.74. The minimum Gasteiger partial charge on any atom is -0.508 e. The van der Waals surface area contributed by atoms with E-state index in [1.807, 2.05) is 25.7 Å². The first-order valence-corrected chi connectivity index (χ1v) is 8.97. The number of aromatic amines is 1. The van der Waals surface area contributed by atoms with Crippen molar-refractivity contribution >= 4 is 16.9 Å². The summed E-state index contributed by atoms with van der Waals surface area (Å²) in [6.07, 6.45) is 0. The number of fused-ring (bicyclic) bond motifs is 1. The number of phenolic OH excluding ortho intramolecular Hbond substituents is 1. The normalized spacial score (nSPS) is 15.2. The highest BCUT2D eigenvalue weighted by molar-refractivity contribution is 6.07. The number of nitrogens with zero attached hydrogens (tertiary/aromatic N) is 3. The maximum Gasteiger partial charge on any atom is 0.254 e. The summed E-state index contributed by atoms with van der Waals surface area (Å²) in [6.45, 7) is 7.17. The van der Waals surface area contributed by atoms with Gasteiger partial charge in [0.25, 0.3) is 5.91 Å². The van der Waals surface area contributed by atoms with Gasteiger partial charge in [0.15, 0.2) is 5.65 Å².